The second-order valence-corrected chi connectivity index (χ2v) is 7.28. The van der Waals surface area contributed by atoms with Crippen molar-refractivity contribution in [2.75, 3.05) is 0 Å². The largest absolute Gasteiger partial charge is 4.00 e. The fourth-order valence-electron chi connectivity index (χ4n) is 3.43. The fraction of sp³-hybridized carbons (Fsp3) is 0. The molecule has 0 unspecified atom stereocenters. The molecule has 2 heteroatoms. The molecule has 0 atom stereocenters. The molecule has 0 aliphatic heterocycles. The molecule has 0 aliphatic carbocycles. The summed E-state index contributed by atoms with van der Waals surface area (Å²) in [7, 11) is 1.36. The predicted octanol–water partition coefficient (Wildman–Crippen LogP) is 7.33. The van der Waals surface area contributed by atoms with E-state index in [0.29, 0.717) is 0 Å². The smallest absolute Gasteiger partial charge is 0.533 e. The van der Waals surface area contributed by atoms with Gasteiger partial charge in [0.25, 0.3) is 0 Å². The van der Waals surface area contributed by atoms with Crippen LogP contribution in [0.5, 0.6) is 0 Å². The summed E-state index contributed by atoms with van der Waals surface area (Å²) in [4.78, 5) is 0. The summed E-state index contributed by atoms with van der Waals surface area (Å²) < 4.78 is 0. The number of hydrogen-bond donors (Lipinski definition) is 0. The van der Waals surface area contributed by atoms with Gasteiger partial charge in [0.05, 0.1) is 0 Å². The van der Waals surface area contributed by atoms with Crippen molar-refractivity contribution in [1.82, 2.24) is 0 Å². The first-order valence-corrected chi connectivity index (χ1v) is 11.8. The summed E-state index contributed by atoms with van der Waals surface area (Å²) >= 11 is 0. The van der Waals surface area contributed by atoms with Gasteiger partial charge in [0, 0.05) is 0 Å². The molecule has 0 spiro atoms. The van der Waals surface area contributed by atoms with Crippen molar-refractivity contribution < 1.29 is 21.7 Å². The number of hydrogen-bond acceptors (Lipinski definition) is 0. The minimum Gasteiger partial charge on any atom is -0.533 e. The van der Waals surface area contributed by atoms with Crippen molar-refractivity contribution in [2.45, 2.75) is 0 Å². The summed E-state index contributed by atoms with van der Waals surface area (Å²) in [6, 6.07) is 50.0. The van der Waals surface area contributed by atoms with Gasteiger partial charge in [-0.15, -0.1) is 101 Å². The van der Waals surface area contributed by atoms with Crippen molar-refractivity contribution in [3.8, 4) is 0 Å². The van der Waals surface area contributed by atoms with Gasteiger partial charge in [-0.2, -0.15) is 35.0 Å². The van der Waals surface area contributed by atoms with Crippen LogP contribution in [-0.4, -0.2) is 16.0 Å². The van der Waals surface area contributed by atoms with Crippen molar-refractivity contribution in [1.29, 1.82) is 0 Å². The first-order valence-electron chi connectivity index (χ1n) is 10.9. The van der Waals surface area contributed by atoms with Crippen LogP contribution in [0.1, 0.15) is 11.1 Å². The van der Waals surface area contributed by atoms with Gasteiger partial charge in [0.1, 0.15) is 0 Å². The van der Waals surface area contributed by atoms with Crippen LogP contribution in [0, 0.1) is 6.42 Å². The Bertz CT molecular complexity index is 1150. The zero-order chi connectivity index (χ0) is 23.1. The van der Waals surface area contributed by atoms with Gasteiger partial charge in [0.15, 0.2) is 0 Å². The molecule has 0 fully saturated rings. The van der Waals surface area contributed by atoms with Crippen LogP contribution in [0.2, 0.25) is 0 Å². The second-order valence-electron chi connectivity index (χ2n) is 7.28. The van der Waals surface area contributed by atoms with Crippen molar-refractivity contribution in [3.05, 3.63) is 163 Å². The molecule has 0 amide bonds. The number of rotatable bonds is 2. The molecule has 6 aromatic carbocycles. The molecular formula is C32H28SiTi. The molecule has 0 radical (unpaired) electrons. The van der Waals surface area contributed by atoms with Crippen LogP contribution in [0.15, 0.2) is 146 Å². The summed E-state index contributed by atoms with van der Waals surface area (Å²) in [6.45, 7) is 0. The van der Waals surface area contributed by atoms with E-state index in [0.717, 1.165) is 0 Å². The van der Waals surface area contributed by atoms with E-state index >= 15 is 0 Å². The van der Waals surface area contributed by atoms with E-state index in [2.05, 4.69) is 146 Å². The third kappa shape index (κ3) is 8.61. The number of benzene rings is 4. The van der Waals surface area contributed by atoms with Crippen LogP contribution in [0.3, 0.4) is 0 Å². The van der Waals surface area contributed by atoms with E-state index in [-0.39, 0.29) is 21.7 Å². The average molecular weight is 489 g/mol. The first kappa shape index (κ1) is 27.0. The van der Waals surface area contributed by atoms with Crippen molar-refractivity contribution >= 4 is 37.6 Å². The maximum absolute atomic E-state index is 4.53. The van der Waals surface area contributed by atoms with E-state index in [1.54, 1.807) is 0 Å². The summed E-state index contributed by atoms with van der Waals surface area (Å²) in [5.41, 5.74) is 2.49. The molecule has 0 aliphatic rings. The molecule has 0 bridgehead atoms. The Morgan fingerprint density at radius 1 is 0.471 bits per heavy atom. The Morgan fingerprint density at radius 2 is 0.824 bits per heavy atom. The predicted molar refractivity (Wildman–Crippen MR) is 149 cm³/mol. The minimum absolute atomic E-state index is 0. The molecule has 0 saturated heterocycles. The summed E-state index contributed by atoms with van der Waals surface area (Å²) in [5, 5.41) is 5.32. The van der Waals surface area contributed by atoms with Gasteiger partial charge < -0.3 is 6.17 Å². The Hall–Kier alpha value is -3.23. The van der Waals surface area contributed by atoms with Crippen LogP contribution >= 0.6 is 0 Å². The zero-order valence-corrected chi connectivity index (χ0v) is 22.2. The molecule has 0 nitrogen and oxygen atoms in total. The van der Waals surface area contributed by atoms with Gasteiger partial charge in [-0.1, -0.05) is 48.5 Å². The zero-order valence-electron chi connectivity index (χ0n) is 19.2. The molecule has 0 aromatic heterocycles. The Morgan fingerprint density at radius 3 is 1.21 bits per heavy atom. The third-order valence-electron chi connectivity index (χ3n) is 5.03. The van der Waals surface area contributed by atoms with E-state index < -0.39 is 0 Å². The molecular weight excluding hydrogens is 460 g/mol. The van der Waals surface area contributed by atoms with E-state index in [9.17, 15) is 0 Å². The standard InChI is InChI=1S/C13H11.2C9H7.CH3Si.Ti/c1-3-7-12(8-4-1)11-13-9-5-2-6-10-13;2*1-2-5-9-7-3-6-8(9)4-1;1-2;/h1-11H;2*1-7H;1H,2H2;/q4*-1;+4. The minimum atomic E-state index is 0. The number of fused-ring (bicyclic) bond motifs is 2. The SMILES string of the molecule is [CH-]=[SiH2].[Ti+4].c1ccc([CH-]c2ccccc2)cc1.c1ccc2[cH-]ccc2c1.c1ccc2[cH-]ccc2c1. The quantitative estimate of drug-likeness (QED) is 0.177. The molecule has 6 aromatic rings. The normalized spacial score (nSPS) is 9.18. The van der Waals surface area contributed by atoms with Gasteiger partial charge in [-0.3, -0.25) is 0 Å². The molecule has 34 heavy (non-hydrogen) atoms. The van der Waals surface area contributed by atoms with Gasteiger partial charge in [0.2, 0.25) is 0 Å². The van der Waals surface area contributed by atoms with Crippen LogP contribution in [0.4, 0.5) is 0 Å². The second kappa shape index (κ2) is 15.6. The maximum atomic E-state index is 4.53. The average Bonchev–Trinajstić information content (AvgIpc) is 3.57. The van der Waals surface area contributed by atoms with Gasteiger partial charge >= 0.3 is 21.7 Å². The third-order valence-corrected chi connectivity index (χ3v) is 5.03. The summed E-state index contributed by atoms with van der Waals surface area (Å²) in [5.74, 6) is 0. The van der Waals surface area contributed by atoms with E-state index in [4.69, 9.17) is 0 Å². The summed E-state index contributed by atoms with van der Waals surface area (Å²) in [6.07, 6.45) is 6.69. The van der Waals surface area contributed by atoms with Gasteiger partial charge in [-0.05, 0) is 0 Å². The van der Waals surface area contributed by atoms with Crippen molar-refractivity contribution in [2.24, 2.45) is 0 Å². The Balaban J connectivity index is 0.000000175. The fourth-order valence-corrected chi connectivity index (χ4v) is 3.43. The van der Waals surface area contributed by atoms with Gasteiger partial charge in [-0.25, -0.2) is 9.85 Å². The monoisotopic (exact) mass is 488 g/mol. The van der Waals surface area contributed by atoms with E-state index in [1.807, 2.05) is 12.1 Å². The molecule has 0 saturated carbocycles. The molecule has 164 valence electrons. The Kier molecular flexibility index (Phi) is 12.4. The van der Waals surface area contributed by atoms with E-state index in [1.165, 1.54) is 42.5 Å². The van der Waals surface area contributed by atoms with Crippen LogP contribution < -0.4 is 0 Å². The van der Waals surface area contributed by atoms with Crippen LogP contribution in [-0.2, 0) is 21.7 Å². The first-order chi connectivity index (χ1) is 16.4. The molecule has 6 rings (SSSR count). The van der Waals surface area contributed by atoms with Crippen molar-refractivity contribution in [3.63, 3.8) is 0 Å². The maximum Gasteiger partial charge on any atom is 4.00 e. The topological polar surface area (TPSA) is 0 Å². The van der Waals surface area contributed by atoms with Crippen LogP contribution in [0.25, 0.3) is 21.5 Å². The Labute approximate surface area is 221 Å². The molecule has 0 N–H and O–H groups in total. The molecule has 0 heterocycles.